The third-order valence-corrected chi connectivity index (χ3v) is 5.47. The van der Waals surface area contributed by atoms with Crippen LogP contribution in [0.2, 0.25) is 0 Å². The van der Waals surface area contributed by atoms with Gasteiger partial charge in [-0.3, -0.25) is 14.8 Å². The zero-order chi connectivity index (χ0) is 18.9. The summed E-state index contributed by atoms with van der Waals surface area (Å²) < 4.78 is 33.0. The minimum atomic E-state index is -3.98. The van der Waals surface area contributed by atoms with Crippen LogP contribution < -0.4 is 4.72 Å². The summed E-state index contributed by atoms with van der Waals surface area (Å²) in [5.74, 6) is 0.560. The highest BCUT2D eigenvalue weighted by Gasteiger charge is 2.22. The van der Waals surface area contributed by atoms with Gasteiger partial charge in [-0.05, 0) is 49.2 Å². The number of nitrogens with one attached hydrogen (secondary N) is 1. The molecule has 0 spiro atoms. The number of sulfonamides is 1. The van der Waals surface area contributed by atoms with Crippen LogP contribution in [-0.4, -0.2) is 18.3 Å². The molecule has 134 valence electrons. The average Bonchev–Trinajstić information content (AvgIpc) is 3.11. The lowest BCUT2D eigenvalue weighted by Crippen LogP contribution is -2.15. The molecular formula is C17H15N3O5S. The molecule has 0 amide bonds. The highest BCUT2D eigenvalue weighted by molar-refractivity contribution is 7.92. The molecule has 3 rings (SSSR count). The Morgan fingerprint density at radius 2 is 1.85 bits per heavy atom. The second-order valence-corrected chi connectivity index (χ2v) is 7.34. The normalized spacial score (nSPS) is 11.3. The molecule has 0 atom stereocenters. The van der Waals surface area contributed by atoms with Gasteiger partial charge in [-0.15, -0.1) is 0 Å². The molecule has 0 unspecified atom stereocenters. The fourth-order valence-electron chi connectivity index (χ4n) is 2.46. The molecule has 2 aromatic carbocycles. The fourth-order valence-corrected chi connectivity index (χ4v) is 3.86. The number of nitrogens with zero attached hydrogens (tertiary/aromatic N) is 2. The maximum absolute atomic E-state index is 12.7. The zero-order valence-electron chi connectivity index (χ0n) is 14.0. The van der Waals surface area contributed by atoms with Crippen molar-refractivity contribution in [3.8, 4) is 11.3 Å². The van der Waals surface area contributed by atoms with E-state index in [1.54, 1.807) is 44.3 Å². The van der Waals surface area contributed by atoms with Crippen molar-refractivity contribution in [2.24, 2.45) is 0 Å². The van der Waals surface area contributed by atoms with Gasteiger partial charge in [0.1, 0.15) is 0 Å². The maximum atomic E-state index is 12.7. The molecule has 0 saturated heterocycles. The van der Waals surface area contributed by atoms with Gasteiger partial charge in [-0.1, -0.05) is 0 Å². The molecule has 0 bridgehead atoms. The van der Waals surface area contributed by atoms with Crippen LogP contribution in [0.4, 0.5) is 11.4 Å². The molecule has 1 aromatic heterocycles. The van der Waals surface area contributed by atoms with E-state index in [-0.39, 0.29) is 10.6 Å². The summed E-state index contributed by atoms with van der Waals surface area (Å²) in [6.45, 7) is 3.24. The van der Waals surface area contributed by atoms with Crippen molar-refractivity contribution in [3.05, 3.63) is 70.2 Å². The molecule has 0 aliphatic carbocycles. The summed E-state index contributed by atoms with van der Waals surface area (Å²) >= 11 is 0. The van der Waals surface area contributed by atoms with E-state index in [0.29, 0.717) is 22.6 Å². The molecule has 1 heterocycles. The van der Waals surface area contributed by atoms with Gasteiger partial charge in [0.2, 0.25) is 0 Å². The number of aromatic nitrogens is 1. The van der Waals surface area contributed by atoms with Crippen molar-refractivity contribution in [3.63, 3.8) is 0 Å². The first kappa shape index (κ1) is 17.6. The number of nitro groups is 1. The molecule has 1 N–H and O–H groups in total. The van der Waals surface area contributed by atoms with Crippen molar-refractivity contribution < 1.29 is 17.8 Å². The van der Waals surface area contributed by atoms with Crippen LogP contribution >= 0.6 is 0 Å². The Morgan fingerprint density at radius 3 is 2.42 bits per heavy atom. The van der Waals surface area contributed by atoms with Crippen LogP contribution in [0.1, 0.15) is 11.1 Å². The van der Waals surface area contributed by atoms with E-state index in [9.17, 15) is 18.5 Å². The number of rotatable bonds is 5. The maximum Gasteiger partial charge on any atom is 0.271 e. The van der Waals surface area contributed by atoms with Gasteiger partial charge in [0.25, 0.3) is 15.7 Å². The topological polar surface area (TPSA) is 115 Å². The van der Waals surface area contributed by atoms with E-state index in [2.05, 4.69) is 9.71 Å². The summed E-state index contributed by atoms with van der Waals surface area (Å²) in [4.78, 5) is 14.1. The SMILES string of the molecule is Cc1cc([N+](=O)[O-])cc(S(=O)(=O)Nc2ccc(-c3cnco3)cc2)c1C. The van der Waals surface area contributed by atoms with E-state index in [4.69, 9.17) is 4.42 Å². The van der Waals surface area contributed by atoms with E-state index in [1.165, 1.54) is 12.5 Å². The number of non-ortho nitro benzene ring substituents is 1. The second-order valence-electron chi connectivity index (χ2n) is 5.69. The molecular weight excluding hydrogens is 358 g/mol. The van der Waals surface area contributed by atoms with Gasteiger partial charge in [-0.25, -0.2) is 13.4 Å². The number of hydrogen-bond donors (Lipinski definition) is 1. The molecule has 0 saturated carbocycles. The Kier molecular flexibility index (Phi) is 4.47. The van der Waals surface area contributed by atoms with E-state index >= 15 is 0 Å². The molecule has 0 radical (unpaired) electrons. The predicted octanol–water partition coefficient (Wildman–Crippen LogP) is 3.67. The van der Waals surface area contributed by atoms with Crippen LogP contribution in [0.25, 0.3) is 11.3 Å². The molecule has 8 nitrogen and oxygen atoms in total. The fraction of sp³-hybridized carbons (Fsp3) is 0.118. The zero-order valence-corrected chi connectivity index (χ0v) is 14.8. The molecule has 0 aliphatic rings. The van der Waals surface area contributed by atoms with Gasteiger partial charge in [0.15, 0.2) is 12.2 Å². The standard InChI is InChI=1S/C17H15N3O5S/c1-11-7-15(20(21)22)8-17(12(11)2)26(23,24)19-14-5-3-13(4-6-14)16-9-18-10-25-16/h3-10,19H,1-2H3. The van der Waals surface area contributed by atoms with Crippen LogP contribution in [-0.2, 0) is 10.0 Å². The van der Waals surface area contributed by atoms with Crippen LogP contribution in [0.3, 0.4) is 0 Å². The van der Waals surface area contributed by atoms with Crippen molar-refractivity contribution in [2.45, 2.75) is 18.7 Å². The smallest absolute Gasteiger partial charge is 0.271 e. The lowest BCUT2D eigenvalue weighted by molar-refractivity contribution is -0.385. The number of anilines is 1. The number of aryl methyl sites for hydroxylation is 1. The van der Waals surface area contributed by atoms with Crippen LogP contribution in [0.15, 0.2) is 58.3 Å². The first-order valence-electron chi connectivity index (χ1n) is 7.55. The Morgan fingerprint density at radius 1 is 1.15 bits per heavy atom. The number of nitro benzene ring substituents is 1. The summed E-state index contributed by atoms with van der Waals surface area (Å²) in [5.41, 5.74) is 1.79. The third-order valence-electron chi connectivity index (χ3n) is 3.96. The first-order valence-corrected chi connectivity index (χ1v) is 9.03. The Hall–Kier alpha value is -3.20. The lowest BCUT2D eigenvalue weighted by atomic mass is 10.1. The van der Waals surface area contributed by atoms with Crippen LogP contribution in [0.5, 0.6) is 0 Å². The monoisotopic (exact) mass is 373 g/mol. The Balaban J connectivity index is 1.93. The summed E-state index contributed by atoms with van der Waals surface area (Å²) in [5, 5.41) is 11.0. The van der Waals surface area contributed by atoms with Crippen molar-refractivity contribution in [1.82, 2.24) is 4.98 Å². The van der Waals surface area contributed by atoms with Crippen LogP contribution in [0, 0.1) is 24.0 Å². The second kappa shape index (κ2) is 6.60. The summed E-state index contributed by atoms with van der Waals surface area (Å²) in [6.07, 6.45) is 2.85. The largest absolute Gasteiger partial charge is 0.444 e. The lowest BCUT2D eigenvalue weighted by Gasteiger charge is -2.12. The van der Waals surface area contributed by atoms with Gasteiger partial charge in [0.05, 0.1) is 16.0 Å². The quantitative estimate of drug-likeness (QED) is 0.539. The Labute approximate surface area is 149 Å². The van der Waals surface area contributed by atoms with Gasteiger partial charge in [-0.2, -0.15) is 0 Å². The minimum absolute atomic E-state index is 0.122. The highest BCUT2D eigenvalue weighted by Crippen LogP contribution is 2.28. The van der Waals surface area contributed by atoms with E-state index < -0.39 is 14.9 Å². The summed E-state index contributed by atoms with van der Waals surface area (Å²) in [7, 11) is -3.98. The number of hydrogen-bond acceptors (Lipinski definition) is 6. The number of benzene rings is 2. The highest BCUT2D eigenvalue weighted by atomic mass is 32.2. The molecule has 3 aromatic rings. The third kappa shape index (κ3) is 3.42. The van der Waals surface area contributed by atoms with E-state index in [0.717, 1.165) is 11.6 Å². The minimum Gasteiger partial charge on any atom is -0.444 e. The first-order chi connectivity index (χ1) is 12.3. The molecule has 0 fully saturated rings. The molecule has 26 heavy (non-hydrogen) atoms. The van der Waals surface area contributed by atoms with E-state index in [1.807, 2.05) is 0 Å². The summed E-state index contributed by atoms with van der Waals surface area (Å²) in [6, 6.07) is 8.94. The molecule has 9 heteroatoms. The average molecular weight is 373 g/mol. The van der Waals surface area contributed by atoms with Gasteiger partial charge < -0.3 is 4.42 Å². The van der Waals surface area contributed by atoms with Crippen molar-refractivity contribution in [1.29, 1.82) is 0 Å². The van der Waals surface area contributed by atoms with Gasteiger partial charge in [0, 0.05) is 23.4 Å². The Bertz CT molecular complexity index is 1060. The predicted molar refractivity (Wildman–Crippen MR) is 95.3 cm³/mol. The van der Waals surface area contributed by atoms with Crippen molar-refractivity contribution >= 4 is 21.4 Å². The van der Waals surface area contributed by atoms with Gasteiger partial charge >= 0.3 is 0 Å². The number of oxazole rings is 1. The van der Waals surface area contributed by atoms with Crippen molar-refractivity contribution in [2.75, 3.05) is 4.72 Å². The molecule has 0 aliphatic heterocycles.